The van der Waals surface area contributed by atoms with Crippen molar-refractivity contribution in [2.45, 2.75) is 31.1 Å². The van der Waals surface area contributed by atoms with Crippen LogP contribution in [0.2, 0.25) is 0 Å². The molecule has 0 aliphatic carbocycles. The zero-order valence-corrected chi connectivity index (χ0v) is 15.6. The monoisotopic (exact) mass is 365 g/mol. The number of hydrogen-bond acceptors (Lipinski definition) is 4. The molecule has 132 valence electrons. The van der Waals surface area contributed by atoms with Gasteiger partial charge in [-0.25, -0.2) is 8.42 Å². The molecule has 2 aromatic carbocycles. The summed E-state index contributed by atoms with van der Waals surface area (Å²) in [5.74, 6) is 0. The Hall–Kier alpha value is -3.09. The van der Waals surface area contributed by atoms with E-state index in [-0.39, 0.29) is 15.9 Å². The second-order valence-electron chi connectivity index (χ2n) is 6.79. The molecule has 1 N–H and O–H groups in total. The number of rotatable bonds is 4. The van der Waals surface area contributed by atoms with Crippen LogP contribution in [-0.2, 0) is 15.4 Å². The zero-order valence-electron chi connectivity index (χ0n) is 14.8. The Kier molecular flexibility index (Phi) is 5.50. The van der Waals surface area contributed by atoms with Crippen LogP contribution in [0.25, 0.3) is 6.08 Å². The number of nitrogens with one attached hydrogen (secondary N) is 1. The van der Waals surface area contributed by atoms with Crippen LogP contribution in [0.3, 0.4) is 0 Å². The molecule has 0 amide bonds. The summed E-state index contributed by atoms with van der Waals surface area (Å²) in [6.45, 7) is 6.18. The van der Waals surface area contributed by atoms with Gasteiger partial charge in [0.25, 0.3) is 10.0 Å². The lowest BCUT2D eigenvalue weighted by atomic mass is 9.87. The van der Waals surface area contributed by atoms with E-state index in [9.17, 15) is 8.42 Å². The van der Waals surface area contributed by atoms with E-state index in [4.69, 9.17) is 10.5 Å². The Morgan fingerprint density at radius 2 is 1.65 bits per heavy atom. The predicted molar refractivity (Wildman–Crippen MR) is 102 cm³/mol. The fourth-order valence-corrected chi connectivity index (χ4v) is 3.35. The van der Waals surface area contributed by atoms with Crippen molar-refractivity contribution >= 4 is 21.8 Å². The van der Waals surface area contributed by atoms with Crippen molar-refractivity contribution in [2.75, 3.05) is 4.72 Å². The summed E-state index contributed by atoms with van der Waals surface area (Å²) in [6, 6.07) is 16.8. The van der Waals surface area contributed by atoms with E-state index in [0.717, 1.165) is 5.56 Å². The summed E-state index contributed by atoms with van der Waals surface area (Å²) >= 11 is 0. The second-order valence-corrected chi connectivity index (χ2v) is 8.47. The molecule has 5 nitrogen and oxygen atoms in total. The molecule has 0 heterocycles. The molecule has 0 spiro atoms. The lowest BCUT2D eigenvalue weighted by Gasteiger charge is -2.19. The molecule has 0 saturated carbocycles. The molecule has 0 fully saturated rings. The number of hydrogen-bond donors (Lipinski definition) is 1. The topological polar surface area (TPSA) is 93.8 Å². The highest BCUT2D eigenvalue weighted by Crippen LogP contribution is 2.24. The minimum absolute atomic E-state index is 0.0530. The van der Waals surface area contributed by atoms with Crippen molar-refractivity contribution in [1.29, 1.82) is 10.5 Å². The Bertz CT molecular complexity index is 1000. The fourth-order valence-electron chi connectivity index (χ4n) is 2.30. The molecule has 0 radical (unpaired) electrons. The first-order chi connectivity index (χ1) is 12.2. The summed E-state index contributed by atoms with van der Waals surface area (Å²) in [6.07, 6.45) is 1.40. The molecule has 2 rings (SSSR count). The van der Waals surface area contributed by atoms with Gasteiger partial charge in [-0.05, 0) is 46.9 Å². The summed E-state index contributed by atoms with van der Waals surface area (Å²) < 4.78 is 27.7. The smallest absolute Gasteiger partial charge is 0.261 e. The molecular formula is C20H19N3O2S. The van der Waals surface area contributed by atoms with Gasteiger partial charge in [-0.3, -0.25) is 4.72 Å². The van der Waals surface area contributed by atoms with Crippen LogP contribution in [0, 0.1) is 22.7 Å². The van der Waals surface area contributed by atoms with Crippen LogP contribution in [0.1, 0.15) is 31.9 Å². The van der Waals surface area contributed by atoms with Crippen LogP contribution < -0.4 is 4.72 Å². The molecule has 0 unspecified atom stereocenters. The van der Waals surface area contributed by atoms with Crippen molar-refractivity contribution in [2.24, 2.45) is 0 Å². The third kappa shape index (κ3) is 4.72. The number of allylic oxidation sites excluding steroid dienone is 1. The van der Waals surface area contributed by atoms with Crippen LogP contribution >= 0.6 is 0 Å². The Morgan fingerprint density at radius 1 is 1.04 bits per heavy atom. The first-order valence-corrected chi connectivity index (χ1v) is 9.39. The van der Waals surface area contributed by atoms with E-state index in [1.165, 1.54) is 6.08 Å². The van der Waals surface area contributed by atoms with E-state index >= 15 is 0 Å². The molecule has 26 heavy (non-hydrogen) atoms. The van der Waals surface area contributed by atoms with Gasteiger partial charge in [0.05, 0.1) is 4.90 Å². The number of anilines is 1. The molecule has 0 bridgehead atoms. The first-order valence-electron chi connectivity index (χ1n) is 7.91. The lowest BCUT2D eigenvalue weighted by Crippen LogP contribution is -2.15. The minimum atomic E-state index is -3.73. The van der Waals surface area contributed by atoms with Gasteiger partial charge in [-0.2, -0.15) is 10.5 Å². The molecule has 0 aromatic heterocycles. The van der Waals surface area contributed by atoms with Crippen molar-refractivity contribution in [3.05, 3.63) is 65.2 Å². The van der Waals surface area contributed by atoms with Gasteiger partial charge in [-0.1, -0.05) is 45.0 Å². The van der Waals surface area contributed by atoms with Crippen molar-refractivity contribution in [3.8, 4) is 12.1 Å². The van der Waals surface area contributed by atoms with Crippen LogP contribution in [-0.4, -0.2) is 8.42 Å². The Labute approximate surface area is 154 Å². The largest absolute Gasteiger partial charge is 0.280 e. The standard InChI is InChI=1S/C20H19N3O2S/c1-20(2,3)17-7-9-19(10-8-17)26(24,25)23-18-6-4-5-15(12-18)11-16(13-21)14-22/h4-12,23H,1-3H3. The van der Waals surface area contributed by atoms with E-state index in [1.54, 1.807) is 60.7 Å². The highest BCUT2D eigenvalue weighted by atomic mass is 32.2. The van der Waals surface area contributed by atoms with Gasteiger partial charge >= 0.3 is 0 Å². The average molecular weight is 365 g/mol. The summed E-state index contributed by atoms with van der Waals surface area (Å²) in [7, 11) is -3.73. The van der Waals surface area contributed by atoms with Gasteiger partial charge in [0.2, 0.25) is 0 Å². The molecule has 0 aliphatic rings. The molecule has 6 heteroatoms. The fraction of sp³-hybridized carbons (Fsp3) is 0.200. The lowest BCUT2D eigenvalue weighted by molar-refractivity contribution is 0.587. The summed E-state index contributed by atoms with van der Waals surface area (Å²) in [5.41, 5.74) is 1.85. The normalized spacial score (nSPS) is 11.1. The molecule has 0 aliphatic heterocycles. The number of nitrogens with zero attached hydrogens (tertiary/aromatic N) is 2. The van der Waals surface area contributed by atoms with E-state index in [2.05, 4.69) is 25.5 Å². The zero-order chi connectivity index (χ0) is 19.4. The van der Waals surface area contributed by atoms with Gasteiger partial charge in [-0.15, -0.1) is 0 Å². The number of nitriles is 2. The van der Waals surface area contributed by atoms with Crippen molar-refractivity contribution in [3.63, 3.8) is 0 Å². The minimum Gasteiger partial charge on any atom is -0.280 e. The van der Waals surface area contributed by atoms with Gasteiger partial charge in [0.1, 0.15) is 17.7 Å². The number of benzene rings is 2. The predicted octanol–water partition coefficient (Wildman–Crippen LogP) is 4.22. The summed E-state index contributed by atoms with van der Waals surface area (Å²) in [4.78, 5) is 0.168. The van der Waals surface area contributed by atoms with E-state index in [1.807, 2.05) is 0 Å². The van der Waals surface area contributed by atoms with Crippen molar-refractivity contribution < 1.29 is 8.42 Å². The maximum Gasteiger partial charge on any atom is 0.261 e. The maximum absolute atomic E-state index is 12.6. The van der Waals surface area contributed by atoms with Crippen LogP contribution in [0.4, 0.5) is 5.69 Å². The third-order valence-corrected chi connectivity index (χ3v) is 5.12. The quantitative estimate of drug-likeness (QED) is 0.821. The first kappa shape index (κ1) is 19.2. The van der Waals surface area contributed by atoms with E-state index in [0.29, 0.717) is 11.3 Å². The average Bonchev–Trinajstić information content (AvgIpc) is 2.59. The summed E-state index contributed by atoms with van der Waals surface area (Å²) in [5, 5.41) is 17.6. The molecule has 0 atom stereocenters. The maximum atomic E-state index is 12.6. The Balaban J connectivity index is 2.29. The third-order valence-electron chi connectivity index (χ3n) is 3.72. The van der Waals surface area contributed by atoms with E-state index < -0.39 is 10.0 Å². The molecular weight excluding hydrogens is 346 g/mol. The second kappa shape index (κ2) is 7.43. The highest BCUT2D eigenvalue weighted by Gasteiger charge is 2.17. The van der Waals surface area contributed by atoms with Crippen LogP contribution in [0.15, 0.2) is 59.0 Å². The highest BCUT2D eigenvalue weighted by molar-refractivity contribution is 7.92. The molecule has 2 aromatic rings. The van der Waals surface area contributed by atoms with Gasteiger partial charge < -0.3 is 0 Å². The van der Waals surface area contributed by atoms with Crippen molar-refractivity contribution in [1.82, 2.24) is 0 Å². The molecule has 0 saturated heterocycles. The Morgan fingerprint density at radius 3 is 2.19 bits per heavy atom. The van der Waals surface area contributed by atoms with Gasteiger partial charge in [0, 0.05) is 5.69 Å². The van der Waals surface area contributed by atoms with Crippen LogP contribution in [0.5, 0.6) is 0 Å². The SMILES string of the molecule is CC(C)(C)c1ccc(S(=O)(=O)Nc2cccc(C=C(C#N)C#N)c2)cc1. The van der Waals surface area contributed by atoms with Gasteiger partial charge in [0.15, 0.2) is 0 Å². The number of sulfonamides is 1.